The number of alkyl halides is 3. The Morgan fingerprint density at radius 3 is 2.56 bits per heavy atom. The van der Waals surface area contributed by atoms with E-state index in [1.54, 1.807) is 42.9 Å². The van der Waals surface area contributed by atoms with Crippen molar-refractivity contribution in [2.45, 2.75) is 84.3 Å². The predicted molar refractivity (Wildman–Crippen MR) is 156 cm³/mol. The highest BCUT2D eigenvalue weighted by molar-refractivity contribution is 8.22. The number of benzene rings is 2. The van der Waals surface area contributed by atoms with Gasteiger partial charge in [-0.25, -0.2) is 0 Å². The van der Waals surface area contributed by atoms with Crippen molar-refractivity contribution in [2.75, 3.05) is 6.54 Å². The molecule has 0 radical (unpaired) electrons. The van der Waals surface area contributed by atoms with Crippen molar-refractivity contribution in [2.24, 2.45) is 11.3 Å². The van der Waals surface area contributed by atoms with Gasteiger partial charge in [0.2, 0.25) is 0 Å². The number of nitrogens with zero attached hydrogens (tertiary/aromatic N) is 4. The smallest absolute Gasteiger partial charge is 0.416 e. The van der Waals surface area contributed by atoms with E-state index in [0.717, 1.165) is 24.1 Å². The predicted octanol–water partition coefficient (Wildman–Crippen LogP) is 7.10. The first-order valence-corrected chi connectivity index (χ1v) is 15.6. The molecule has 1 aliphatic rings. The summed E-state index contributed by atoms with van der Waals surface area (Å²) >= 11 is 0. The molecular weight excluding hydrogens is 585 g/mol. The molecule has 0 aliphatic carbocycles. The number of hydrogen-bond acceptors (Lipinski definition) is 7. The van der Waals surface area contributed by atoms with Gasteiger partial charge in [-0.3, -0.25) is 18.6 Å². The highest BCUT2D eigenvalue weighted by Gasteiger charge is 2.40. The quantitative estimate of drug-likeness (QED) is 0.218. The summed E-state index contributed by atoms with van der Waals surface area (Å²) in [6.07, 6.45) is -2.51. The molecule has 2 atom stereocenters. The van der Waals surface area contributed by atoms with Gasteiger partial charge < -0.3 is 9.84 Å². The van der Waals surface area contributed by atoms with Gasteiger partial charge in [-0.1, -0.05) is 43.3 Å². The maximum atomic E-state index is 13.5. The number of aliphatic carboxylic acids is 1. The second-order valence-corrected chi connectivity index (χ2v) is 13.8. The number of hydrogen-bond donors (Lipinski definition) is 3. The standard InChI is InChI=1S/C30H39F3N4O5S/c1-6-11-36-17-25(34-35-36)18-42-27(29(4,5)28(38)39)22-8-7-20(3)23(13-22)16-37-15-19(2)12-21-9-10-24(30(31,32)33)14-26(21)43(37,40)41/h7-10,13-14,17,19,27,40-41H,6,11-12,15-16,18H2,1-5H3,(H,38,39)/t19-,27-/m1/s1. The van der Waals surface area contributed by atoms with Gasteiger partial charge in [0.25, 0.3) is 0 Å². The SMILES string of the molecule is CCCn1cc(CO[C@H](c2ccc(C)c(CN3C[C@H](C)Cc4ccc(C(F)(F)F)cc4S3(O)O)c2)C(C)(C)C(=O)O)nn1. The molecule has 4 rings (SSSR count). The van der Waals surface area contributed by atoms with E-state index in [0.29, 0.717) is 35.3 Å². The van der Waals surface area contributed by atoms with E-state index in [1.807, 2.05) is 20.8 Å². The fourth-order valence-corrected chi connectivity index (χ4v) is 7.15. The lowest BCUT2D eigenvalue weighted by atomic mass is 9.81. The van der Waals surface area contributed by atoms with Crippen LogP contribution in [0.15, 0.2) is 47.5 Å². The molecule has 0 unspecified atom stereocenters. The zero-order valence-electron chi connectivity index (χ0n) is 24.9. The summed E-state index contributed by atoms with van der Waals surface area (Å²) in [5.74, 6) is -1.14. The fourth-order valence-electron chi connectivity index (χ4n) is 5.30. The molecule has 3 N–H and O–H groups in total. The Morgan fingerprint density at radius 1 is 1.19 bits per heavy atom. The average Bonchev–Trinajstić information content (AvgIpc) is 3.33. The molecule has 43 heavy (non-hydrogen) atoms. The third-order valence-electron chi connectivity index (χ3n) is 7.80. The Kier molecular flexibility index (Phi) is 9.62. The number of aryl methyl sites for hydroxylation is 2. The van der Waals surface area contributed by atoms with Crippen LogP contribution >= 0.6 is 10.8 Å². The molecule has 2 aromatic carbocycles. The third-order valence-corrected chi connectivity index (χ3v) is 9.77. The van der Waals surface area contributed by atoms with E-state index in [-0.39, 0.29) is 30.5 Å². The number of carboxylic acids is 1. The molecule has 13 heteroatoms. The van der Waals surface area contributed by atoms with Crippen LogP contribution in [-0.2, 0) is 41.8 Å². The van der Waals surface area contributed by atoms with E-state index in [1.165, 1.54) is 10.4 Å². The van der Waals surface area contributed by atoms with Gasteiger partial charge in [0.1, 0.15) is 5.69 Å². The molecule has 3 aromatic rings. The number of fused-ring (bicyclic) bond motifs is 1. The van der Waals surface area contributed by atoms with Gasteiger partial charge in [-0.05, 0) is 73.9 Å². The first kappa shape index (κ1) is 32.9. The minimum Gasteiger partial charge on any atom is -0.481 e. The Hall–Kier alpha value is -2.97. The third kappa shape index (κ3) is 7.23. The second-order valence-electron chi connectivity index (χ2n) is 11.8. The van der Waals surface area contributed by atoms with Gasteiger partial charge in [-0.2, -0.15) is 17.5 Å². The Morgan fingerprint density at radius 2 is 1.91 bits per heavy atom. The van der Waals surface area contributed by atoms with Crippen molar-refractivity contribution in [1.29, 1.82) is 0 Å². The summed E-state index contributed by atoms with van der Waals surface area (Å²) in [5.41, 5.74) is 0.770. The Balaban J connectivity index is 1.68. The van der Waals surface area contributed by atoms with Gasteiger partial charge in [0, 0.05) is 19.6 Å². The van der Waals surface area contributed by atoms with Gasteiger partial charge in [-0.15, -0.1) is 15.9 Å². The van der Waals surface area contributed by atoms with E-state index >= 15 is 0 Å². The Bertz CT molecular complexity index is 1460. The molecule has 9 nitrogen and oxygen atoms in total. The van der Waals surface area contributed by atoms with Crippen LogP contribution in [0.3, 0.4) is 0 Å². The lowest BCUT2D eigenvalue weighted by molar-refractivity contribution is -0.158. The van der Waals surface area contributed by atoms with Crippen molar-refractivity contribution >= 4 is 16.7 Å². The summed E-state index contributed by atoms with van der Waals surface area (Å²) in [5, 5.41) is 18.3. The lowest BCUT2D eigenvalue weighted by Crippen LogP contribution is -2.33. The number of halogens is 3. The molecule has 0 amide bonds. The minimum absolute atomic E-state index is 0.0214. The number of ether oxygens (including phenoxy) is 1. The molecule has 0 saturated carbocycles. The van der Waals surface area contributed by atoms with Crippen LogP contribution in [0.2, 0.25) is 0 Å². The summed E-state index contributed by atoms with van der Waals surface area (Å²) in [6.45, 7) is 9.86. The highest BCUT2D eigenvalue weighted by Crippen LogP contribution is 2.57. The van der Waals surface area contributed by atoms with E-state index < -0.39 is 40.0 Å². The van der Waals surface area contributed by atoms with Crippen LogP contribution in [0.1, 0.15) is 73.7 Å². The molecule has 236 valence electrons. The molecular formula is C30H39F3N4O5S. The van der Waals surface area contributed by atoms with Crippen molar-refractivity contribution in [3.05, 3.63) is 76.1 Å². The van der Waals surface area contributed by atoms with Crippen LogP contribution in [-0.4, -0.2) is 46.0 Å². The number of carboxylic acid groups (broad SMARTS) is 1. The maximum absolute atomic E-state index is 13.5. The molecule has 1 aliphatic heterocycles. The highest BCUT2D eigenvalue weighted by atomic mass is 32.3. The molecule has 2 heterocycles. The summed E-state index contributed by atoms with van der Waals surface area (Å²) in [6, 6.07) is 8.49. The maximum Gasteiger partial charge on any atom is 0.416 e. The first-order valence-electron chi connectivity index (χ1n) is 14.1. The Labute approximate surface area is 251 Å². The monoisotopic (exact) mass is 624 g/mol. The number of rotatable bonds is 10. The normalized spacial score (nSPS) is 19.0. The molecule has 0 spiro atoms. The zero-order valence-corrected chi connectivity index (χ0v) is 25.7. The van der Waals surface area contributed by atoms with E-state index in [4.69, 9.17) is 4.74 Å². The minimum atomic E-state index is -4.63. The van der Waals surface area contributed by atoms with E-state index in [2.05, 4.69) is 10.3 Å². The number of aromatic nitrogens is 3. The van der Waals surface area contributed by atoms with E-state index in [9.17, 15) is 32.2 Å². The van der Waals surface area contributed by atoms with Crippen LogP contribution < -0.4 is 0 Å². The zero-order chi connectivity index (χ0) is 31.7. The first-order chi connectivity index (χ1) is 20.0. The average molecular weight is 625 g/mol. The van der Waals surface area contributed by atoms with Crippen LogP contribution in [0.4, 0.5) is 13.2 Å². The summed E-state index contributed by atoms with van der Waals surface area (Å²) < 4.78 is 72.8. The van der Waals surface area contributed by atoms with Gasteiger partial charge >= 0.3 is 12.1 Å². The van der Waals surface area contributed by atoms with Crippen LogP contribution in [0.5, 0.6) is 0 Å². The molecule has 0 saturated heterocycles. The van der Waals surface area contributed by atoms with Crippen LogP contribution in [0.25, 0.3) is 0 Å². The van der Waals surface area contributed by atoms with Crippen molar-refractivity contribution in [3.63, 3.8) is 0 Å². The summed E-state index contributed by atoms with van der Waals surface area (Å²) in [4.78, 5) is 12.2. The van der Waals surface area contributed by atoms with Crippen molar-refractivity contribution in [3.8, 4) is 0 Å². The largest absolute Gasteiger partial charge is 0.481 e. The molecule has 0 bridgehead atoms. The number of carbonyl (C=O) groups is 1. The van der Waals surface area contributed by atoms with Gasteiger partial charge in [0.15, 0.2) is 0 Å². The topological polar surface area (TPSA) is 121 Å². The molecule has 0 fully saturated rings. The fraction of sp³-hybridized carbons (Fsp3) is 0.500. The van der Waals surface area contributed by atoms with Crippen molar-refractivity contribution in [1.82, 2.24) is 19.3 Å². The summed E-state index contributed by atoms with van der Waals surface area (Å²) in [7, 11) is -3.78. The lowest BCUT2D eigenvalue weighted by Gasteiger charge is -2.43. The van der Waals surface area contributed by atoms with Crippen LogP contribution in [0, 0.1) is 18.3 Å². The van der Waals surface area contributed by atoms with Crippen molar-refractivity contribution < 1.29 is 36.9 Å². The second kappa shape index (κ2) is 12.6. The van der Waals surface area contributed by atoms with Gasteiger partial charge in [0.05, 0.1) is 34.8 Å². The molecule has 1 aromatic heterocycles.